The van der Waals surface area contributed by atoms with Crippen LogP contribution < -0.4 is 0 Å². The minimum atomic E-state index is -0.643. The number of aliphatic hydroxyl groups is 3. The molecule has 44 heavy (non-hydrogen) atoms. The molecule has 3 N–H and O–H groups in total. The van der Waals surface area contributed by atoms with Crippen molar-refractivity contribution in [3.8, 4) is 0 Å². The number of ether oxygens (including phenoxy) is 3. The van der Waals surface area contributed by atoms with E-state index in [-0.39, 0.29) is 30.4 Å². The molecule has 0 radical (unpaired) electrons. The van der Waals surface area contributed by atoms with Crippen LogP contribution in [0.2, 0.25) is 0 Å². The smallest absolute Gasteiger partial charge is 0.334 e. The maximum Gasteiger partial charge on any atom is 0.334 e. The Morgan fingerprint density at radius 3 is 1.80 bits per heavy atom. The average Bonchev–Trinajstić information content (AvgIpc) is 3.73. The highest BCUT2D eigenvalue weighted by molar-refractivity contribution is 5.90. The molecule has 0 bridgehead atoms. The van der Waals surface area contributed by atoms with Crippen molar-refractivity contribution in [2.45, 2.75) is 217 Å². The minimum absolute atomic E-state index is 0.119. The third-order valence-electron chi connectivity index (χ3n) is 10.0. The molecule has 7 nitrogen and oxygen atoms in total. The summed E-state index contributed by atoms with van der Waals surface area (Å²) in [6.45, 7) is 4.15. The van der Waals surface area contributed by atoms with Crippen molar-refractivity contribution < 1.29 is 34.3 Å². The molecule has 2 fully saturated rings. The lowest BCUT2D eigenvalue weighted by molar-refractivity contribution is -0.139. The molecule has 0 aromatic rings. The molecule has 3 rings (SSSR count). The molecule has 0 aromatic heterocycles. The summed E-state index contributed by atoms with van der Waals surface area (Å²) >= 11 is 0. The molecule has 256 valence electrons. The SMILES string of the molecule is CCCCCCCCCCCCCCCCC[C@@H](O)[C@H]1C[C@@H](O)[C@H]([C@H]2CC[C@H]([C@@H](O)CCCCCC3=C[C@H](C)OC3=O)O2)O1. The van der Waals surface area contributed by atoms with E-state index in [4.69, 9.17) is 14.2 Å². The minimum Gasteiger partial charge on any atom is -0.455 e. The van der Waals surface area contributed by atoms with Gasteiger partial charge in [-0.1, -0.05) is 116 Å². The summed E-state index contributed by atoms with van der Waals surface area (Å²) in [5.41, 5.74) is 0.772. The Kier molecular flexibility index (Phi) is 18.5. The fourth-order valence-corrected chi connectivity index (χ4v) is 7.27. The molecule has 0 aliphatic carbocycles. The van der Waals surface area contributed by atoms with Gasteiger partial charge in [-0.25, -0.2) is 4.79 Å². The predicted octanol–water partition coefficient (Wildman–Crippen LogP) is 7.86. The Labute approximate surface area is 268 Å². The summed E-state index contributed by atoms with van der Waals surface area (Å²) in [6.07, 6.45) is 25.4. The van der Waals surface area contributed by atoms with Gasteiger partial charge < -0.3 is 29.5 Å². The van der Waals surface area contributed by atoms with Gasteiger partial charge in [-0.2, -0.15) is 0 Å². The highest BCUT2D eigenvalue weighted by Crippen LogP contribution is 2.35. The van der Waals surface area contributed by atoms with Crippen LogP contribution in [0.3, 0.4) is 0 Å². The number of esters is 1. The van der Waals surface area contributed by atoms with Gasteiger partial charge in [0.1, 0.15) is 12.2 Å². The number of carbonyl (C=O) groups excluding carboxylic acids is 1. The Morgan fingerprint density at radius 1 is 0.727 bits per heavy atom. The van der Waals surface area contributed by atoms with Gasteiger partial charge in [0.2, 0.25) is 0 Å². The van der Waals surface area contributed by atoms with Crippen molar-refractivity contribution in [3.63, 3.8) is 0 Å². The van der Waals surface area contributed by atoms with E-state index in [1.165, 1.54) is 83.5 Å². The lowest BCUT2D eigenvalue weighted by Crippen LogP contribution is -2.37. The molecule has 8 atom stereocenters. The van der Waals surface area contributed by atoms with E-state index in [1.54, 1.807) is 0 Å². The summed E-state index contributed by atoms with van der Waals surface area (Å²) in [6, 6.07) is 0. The third-order valence-corrected chi connectivity index (χ3v) is 10.0. The van der Waals surface area contributed by atoms with E-state index in [2.05, 4.69) is 6.92 Å². The molecular weight excluding hydrogens is 556 g/mol. The normalized spacial score (nSPS) is 28.4. The highest BCUT2D eigenvalue weighted by Gasteiger charge is 2.45. The first-order valence-electron chi connectivity index (χ1n) is 18.7. The second kappa shape index (κ2) is 21.7. The zero-order valence-corrected chi connectivity index (χ0v) is 28.1. The second-order valence-corrected chi connectivity index (χ2v) is 14.0. The number of rotatable bonds is 25. The van der Waals surface area contributed by atoms with E-state index in [9.17, 15) is 20.1 Å². The molecule has 3 aliphatic heterocycles. The van der Waals surface area contributed by atoms with Crippen LogP contribution in [0.5, 0.6) is 0 Å². The number of unbranched alkanes of at least 4 members (excludes halogenated alkanes) is 16. The fourth-order valence-electron chi connectivity index (χ4n) is 7.27. The molecule has 0 aromatic carbocycles. The first-order chi connectivity index (χ1) is 21.4. The van der Waals surface area contributed by atoms with Crippen LogP contribution in [-0.4, -0.2) is 70.1 Å². The standard InChI is InChI=1S/C37H66O7/c1-3-4-5-6-7-8-9-10-11-12-13-14-15-16-19-23-31(39)35-27-32(40)36(44-35)34-25-24-33(43-34)30(38)22-20-17-18-21-29-26-28(2)42-37(29)41/h26,28,30-36,38-40H,3-25,27H2,1-2H3/t28-,30-,31+,32+,33+,34+,35+,36+/m0/s1. The van der Waals surface area contributed by atoms with Gasteiger partial charge >= 0.3 is 5.97 Å². The van der Waals surface area contributed by atoms with Crippen molar-refractivity contribution in [2.75, 3.05) is 0 Å². The van der Waals surface area contributed by atoms with Crippen molar-refractivity contribution >= 4 is 5.97 Å². The van der Waals surface area contributed by atoms with E-state index in [0.717, 1.165) is 56.9 Å². The zero-order chi connectivity index (χ0) is 31.6. The van der Waals surface area contributed by atoms with Gasteiger partial charge in [0.25, 0.3) is 0 Å². The van der Waals surface area contributed by atoms with Crippen LogP contribution in [0, 0.1) is 0 Å². The van der Waals surface area contributed by atoms with Gasteiger partial charge in [-0.15, -0.1) is 0 Å². The fraction of sp³-hybridized carbons (Fsp3) is 0.919. The monoisotopic (exact) mass is 622 g/mol. The van der Waals surface area contributed by atoms with Gasteiger partial charge in [0.05, 0.1) is 36.6 Å². The topological polar surface area (TPSA) is 105 Å². The van der Waals surface area contributed by atoms with E-state index in [0.29, 0.717) is 19.3 Å². The number of aliphatic hydroxyl groups excluding tert-OH is 3. The van der Waals surface area contributed by atoms with Crippen molar-refractivity contribution in [3.05, 3.63) is 11.6 Å². The van der Waals surface area contributed by atoms with E-state index in [1.807, 2.05) is 13.0 Å². The zero-order valence-electron chi connectivity index (χ0n) is 28.1. The first-order valence-corrected chi connectivity index (χ1v) is 18.7. The molecular formula is C37H66O7. The maximum atomic E-state index is 11.7. The number of hydrogen-bond acceptors (Lipinski definition) is 7. The van der Waals surface area contributed by atoms with Gasteiger partial charge in [-0.3, -0.25) is 0 Å². The van der Waals surface area contributed by atoms with Crippen LogP contribution in [0.25, 0.3) is 0 Å². The third kappa shape index (κ3) is 13.8. The Balaban J connectivity index is 1.17. The lowest BCUT2D eigenvalue weighted by atomic mass is 9.99. The predicted molar refractivity (Wildman–Crippen MR) is 175 cm³/mol. The van der Waals surface area contributed by atoms with Crippen LogP contribution in [0.4, 0.5) is 0 Å². The summed E-state index contributed by atoms with van der Waals surface area (Å²) in [7, 11) is 0. The van der Waals surface area contributed by atoms with Crippen molar-refractivity contribution in [1.82, 2.24) is 0 Å². The molecule has 3 heterocycles. The summed E-state index contributed by atoms with van der Waals surface area (Å²) in [5.74, 6) is -0.195. The average molecular weight is 623 g/mol. The molecule has 0 spiro atoms. The van der Waals surface area contributed by atoms with Crippen LogP contribution in [-0.2, 0) is 19.0 Å². The van der Waals surface area contributed by atoms with Crippen LogP contribution >= 0.6 is 0 Å². The molecule has 7 heteroatoms. The van der Waals surface area contributed by atoms with Crippen molar-refractivity contribution in [1.29, 1.82) is 0 Å². The summed E-state index contributed by atoms with van der Waals surface area (Å²) < 4.78 is 17.5. The Morgan fingerprint density at radius 2 is 1.25 bits per heavy atom. The quantitative estimate of drug-likeness (QED) is 0.0703. The maximum absolute atomic E-state index is 11.7. The van der Waals surface area contributed by atoms with Crippen LogP contribution in [0.1, 0.15) is 168 Å². The number of cyclic esters (lactones) is 1. The summed E-state index contributed by atoms with van der Waals surface area (Å²) in [4.78, 5) is 11.7. The molecule has 0 amide bonds. The van der Waals surface area contributed by atoms with E-state index < -0.39 is 24.4 Å². The molecule has 0 saturated carbocycles. The van der Waals surface area contributed by atoms with Gasteiger partial charge in [0, 0.05) is 12.0 Å². The van der Waals surface area contributed by atoms with Crippen LogP contribution in [0.15, 0.2) is 11.6 Å². The Hall–Kier alpha value is -0.990. The largest absolute Gasteiger partial charge is 0.455 e. The molecule has 2 saturated heterocycles. The lowest BCUT2D eigenvalue weighted by Gasteiger charge is -2.25. The molecule has 3 aliphatic rings. The number of carbonyl (C=O) groups is 1. The Bertz CT molecular complexity index is 801. The highest BCUT2D eigenvalue weighted by atomic mass is 16.6. The van der Waals surface area contributed by atoms with Crippen molar-refractivity contribution in [2.24, 2.45) is 0 Å². The van der Waals surface area contributed by atoms with Gasteiger partial charge in [0.15, 0.2) is 0 Å². The first kappa shape index (κ1) is 37.5. The van der Waals surface area contributed by atoms with Gasteiger partial charge in [-0.05, 0) is 51.5 Å². The van der Waals surface area contributed by atoms with E-state index >= 15 is 0 Å². The molecule has 0 unspecified atom stereocenters. The number of hydrogen-bond donors (Lipinski definition) is 3. The second-order valence-electron chi connectivity index (χ2n) is 14.0. The summed E-state index contributed by atoms with van der Waals surface area (Å²) in [5, 5.41) is 32.2.